The van der Waals surface area contributed by atoms with Crippen LogP contribution in [0.5, 0.6) is 0 Å². The Kier molecular flexibility index (Phi) is 3.19. The molecule has 1 aromatic rings. The zero-order valence-corrected chi connectivity index (χ0v) is 8.26. The van der Waals surface area contributed by atoms with Gasteiger partial charge in [0, 0.05) is 4.43 Å². The Morgan fingerprint density at radius 1 is 1.30 bits per heavy atom. The van der Waals surface area contributed by atoms with E-state index in [0.29, 0.717) is 0 Å². The molecule has 0 aromatic heterocycles. The molecule has 0 saturated heterocycles. The van der Waals surface area contributed by atoms with Crippen molar-refractivity contribution in [2.45, 2.75) is 17.8 Å². The van der Waals surface area contributed by atoms with Crippen LogP contribution in [0, 0.1) is 0 Å². The smallest absolute Gasteiger partial charge is 0.0247 e. The molecule has 0 bridgehead atoms. The van der Waals surface area contributed by atoms with Gasteiger partial charge >= 0.3 is 0 Å². The lowest BCUT2D eigenvalue weighted by molar-refractivity contribution is 1.13. The van der Waals surface area contributed by atoms with E-state index >= 15 is 0 Å². The van der Waals surface area contributed by atoms with Crippen LogP contribution in [0.3, 0.4) is 0 Å². The summed E-state index contributed by atoms with van der Waals surface area (Å²) < 4.78 is 1.12. The normalized spacial score (nSPS) is 9.80. The minimum Gasteiger partial charge on any atom is -0.0812 e. The van der Waals surface area contributed by atoms with Gasteiger partial charge in [0.2, 0.25) is 0 Å². The molecule has 1 rings (SSSR count). The van der Waals surface area contributed by atoms with Gasteiger partial charge in [0.25, 0.3) is 0 Å². The summed E-state index contributed by atoms with van der Waals surface area (Å²) in [6, 6.07) is 8.75. The standard InChI is InChI=1S/C9H11I/c1-2-8-4-3-5-9(6-8)7-10/h3-6H,2,7H2,1H3. The van der Waals surface area contributed by atoms with Crippen molar-refractivity contribution in [2.24, 2.45) is 0 Å². The lowest BCUT2D eigenvalue weighted by Gasteiger charge is -1.97. The van der Waals surface area contributed by atoms with Crippen molar-refractivity contribution in [3.63, 3.8) is 0 Å². The average molecular weight is 246 g/mol. The molecule has 0 aliphatic heterocycles. The molecule has 0 radical (unpaired) electrons. The van der Waals surface area contributed by atoms with Gasteiger partial charge in [0.15, 0.2) is 0 Å². The second-order valence-corrected chi connectivity index (χ2v) is 3.07. The first kappa shape index (κ1) is 8.05. The van der Waals surface area contributed by atoms with E-state index in [9.17, 15) is 0 Å². The van der Waals surface area contributed by atoms with Crippen molar-refractivity contribution in [1.82, 2.24) is 0 Å². The van der Waals surface area contributed by atoms with Gasteiger partial charge < -0.3 is 0 Å². The molecule has 0 saturated carbocycles. The quantitative estimate of drug-likeness (QED) is 0.555. The molecular formula is C9H11I. The van der Waals surface area contributed by atoms with Crippen molar-refractivity contribution in [3.05, 3.63) is 35.4 Å². The highest BCUT2D eigenvalue weighted by Crippen LogP contribution is 2.08. The van der Waals surface area contributed by atoms with Crippen molar-refractivity contribution in [1.29, 1.82) is 0 Å². The highest BCUT2D eigenvalue weighted by Gasteiger charge is 1.90. The summed E-state index contributed by atoms with van der Waals surface area (Å²) in [6.07, 6.45) is 1.14. The van der Waals surface area contributed by atoms with Gasteiger partial charge in [-0.05, 0) is 17.5 Å². The van der Waals surface area contributed by atoms with Crippen molar-refractivity contribution < 1.29 is 0 Å². The molecule has 54 valence electrons. The van der Waals surface area contributed by atoms with Gasteiger partial charge in [-0.1, -0.05) is 53.8 Å². The number of alkyl halides is 1. The minimum atomic E-state index is 1.12. The second-order valence-electron chi connectivity index (χ2n) is 2.31. The fraction of sp³-hybridized carbons (Fsp3) is 0.333. The highest BCUT2D eigenvalue weighted by molar-refractivity contribution is 14.1. The molecule has 0 unspecified atom stereocenters. The summed E-state index contributed by atoms with van der Waals surface area (Å²) in [5.74, 6) is 0. The van der Waals surface area contributed by atoms with E-state index in [1.165, 1.54) is 11.1 Å². The first-order valence-corrected chi connectivity index (χ1v) is 5.03. The molecule has 1 aromatic carbocycles. The number of aryl methyl sites for hydroxylation is 1. The van der Waals surface area contributed by atoms with Crippen LogP contribution >= 0.6 is 22.6 Å². The maximum atomic E-state index is 2.39. The lowest BCUT2D eigenvalue weighted by Crippen LogP contribution is -1.81. The van der Waals surface area contributed by atoms with Crippen molar-refractivity contribution in [3.8, 4) is 0 Å². The molecule has 10 heavy (non-hydrogen) atoms. The first-order chi connectivity index (χ1) is 4.86. The summed E-state index contributed by atoms with van der Waals surface area (Å²) in [5, 5.41) is 0. The van der Waals surface area contributed by atoms with E-state index in [-0.39, 0.29) is 0 Å². The fourth-order valence-corrected chi connectivity index (χ4v) is 1.41. The van der Waals surface area contributed by atoms with Gasteiger partial charge in [0.1, 0.15) is 0 Å². The Hall–Kier alpha value is -0.0500. The third kappa shape index (κ3) is 1.97. The molecular weight excluding hydrogens is 235 g/mol. The van der Waals surface area contributed by atoms with Crippen molar-refractivity contribution in [2.75, 3.05) is 0 Å². The Bertz CT molecular complexity index is 186. The van der Waals surface area contributed by atoms with E-state index in [2.05, 4.69) is 53.8 Å². The van der Waals surface area contributed by atoms with Crippen LogP contribution in [0.15, 0.2) is 24.3 Å². The second kappa shape index (κ2) is 3.96. The predicted octanol–water partition coefficient (Wildman–Crippen LogP) is 3.18. The van der Waals surface area contributed by atoms with Crippen LogP contribution in [-0.2, 0) is 10.8 Å². The lowest BCUT2D eigenvalue weighted by atomic mass is 10.1. The van der Waals surface area contributed by atoms with Crippen LogP contribution in [0.4, 0.5) is 0 Å². The van der Waals surface area contributed by atoms with Crippen LogP contribution in [-0.4, -0.2) is 0 Å². The number of benzene rings is 1. The third-order valence-electron chi connectivity index (χ3n) is 1.55. The first-order valence-electron chi connectivity index (χ1n) is 3.50. The molecule has 0 amide bonds. The highest BCUT2D eigenvalue weighted by atomic mass is 127. The summed E-state index contributed by atoms with van der Waals surface area (Å²) in [6.45, 7) is 2.19. The summed E-state index contributed by atoms with van der Waals surface area (Å²) >= 11 is 2.39. The maximum absolute atomic E-state index is 2.39. The zero-order valence-electron chi connectivity index (χ0n) is 6.10. The molecule has 0 spiro atoms. The summed E-state index contributed by atoms with van der Waals surface area (Å²) in [7, 11) is 0. The van der Waals surface area contributed by atoms with Crippen LogP contribution in [0.2, 0.25) is 0 Å². The molecule has 0 aliphatic carbocycles. The molecule has 0 N–H and O–H groups in total. The molecule has 0 aliphatic rings. The van der Waals surface area contributed by atoms with Gasteiger partial charge in [-0.2, -0.15) is 0 Å². The third-order valence-corrected chi connectivity index (χ3v) is 2.43. The van der Waals surface area contributed by atoms with Gasteiger partial charge in [-0.15, -0.1) is 0 Å². The van der Waals surface area contributed by atoms with Crippen LogP contribution in [0.25, 0.3) is 0 Å². The zero-order chi connectivity index (χ0) is 7.40. The SMILES string of the molecule is CCc1cccc(CI)c1. The molecule has 1 heteroatoms. The van der Waals surface area contributed by atoms with Crippen molar-refractivity contribution >= 4 is 22.6 Å². The fourth-order valence-electron chi connectivity index (χ4n) is 0.933. The van der Waals surface area contributed by atoms with E-state index in [1.54, 1.807) is 0 Å². The van der Waals surface area contributed by atoms with E-state index < -0.39 is 0 Å². The van der Waals surface area contributed by atoms with E-state index in [0.717, 1.165) is 10.8 Å². The monoisotopic (exact) mass is 246 g/mol. The Balaban J connectivity index is 2.87. The largest absolute Gasteiger partial charge is 0.0812 e. The van der Waals surface area contributed by atoms with E-state index in [4.69, 9.17) is 0 Å². The molecule has 0 nitrogen and oxygen atoms in total. The molecule has 0 heterocycles. The van der Waals surface area contributed by atoms with Gasteiger partial charge in [-0.3, -0.25) is 0 Å². The van der Waals surface area contributed by atoms with Crippen LogP contribution in [0.1, 0.15) is 18.1 Å². The number of hydrogen-bond donors (Lipinski definition) is 0. The summed E-state index contributed by atoms with van der Waals surface area (Å²) in [5.41, 5.74) is 2.87. The predicted molar refractivity (Wildman–Crippen MR) is 53.5 cm³/mol. The number of hydrogen-bond acceptors (Lipinski definition) is 0. The Labute approximate surface area is 75.8 Å². The average Bonchev–Trinajstić information content (AvgIpc) is 2.05. The van der Waals surface area contributed by atoms with Gasteiger partial charge in [0.05, 0.1) is 0 Å². The minimum absolute atomic E-state index is 1.12. The number of halogens is 1. The Morgan fingerprint density at radius 3 is 2.60 bits per heavy atom. The molecule has 0 atom stereocenters. The molecule has 0 fully saturated rings. The van der Waals surface area contributed by atoms with E-state index in [1.807, 2.05) is 0 Å². The van der Waals surface area contributed by atoms with Gasteiger partial charge in [-0.25, -0.2) is 0 Å². The number of rotatable bonds is 2. The summed E-state index contributed by atoms with van der Waals surface area (Å²) in [4.78, 5) is 0. The topological polar surface area (TPSA) is 0 Å². The van der Waals surface area contributed by atoms with Crippen LogP contribution < -0.4 is 0 Å². The Morgan fingerprint density at radius 2 is 2.00 bits per heavy atom. The maximum Gasteiger partial charge on any atom is 0.0247 e.